The highest BCUT2D eigenvalue weighted by atomic mass is 16.5. The molecule has 20 heavy (non-hydrogen) atoms. The van der Waals surface area contributed by atoms with E-state index in [0.29, 0.717) is 33.7 Å². The van der Waals surface area contributed by atoms with E-state index in [9.17, 15) is 9.59 Å². The van der Waals surface area contributed by atoms with E-state index >= 15 is 0 Å². The molecule has 0 atom stereocenters. The Balaban J connectivity index is 3.10. The number of Topliss-reactive ketones (excluding diaryl/α,β-unsaturated/α-hetero) is 1. The summed E-state index contributed by atoms with van der Waals surface area (Å²) in [7, 11) is 3.06. The zero-order valence-electron chi connectivity index (χ0n) is 12.2. The van der Waals surface area contributed by atoms with E-state index in [2.05, 4.69) is 0 Å². The van der Waals surface area contributed by atoms with Gasteiger partial charge >= 0.3 is 0 Å². The Kier molecular flexibility index (Phi) is 3.53. The number of hydrogen-bond acceptors (Lipinski definition) is 4. The van der Waals surface area contributed by atoms with Gasteiger partial charge in [0.15, 0.2) is 5.78 Å². The lowest BCUT2D eigenvalue weighted by atomic mass is 10.1. The highest BCUT2D eigenvalue weighted by Crippen LogP contribution is 2.39. The van der Waals surface area contributed by atoms with E-state index < -0.39 is 0 Å². The minimum Gasteiger partial charge on any atom is -0.496 e. The quantitative estimate of drug-likeness (QED) is 0.808. The van der Waals surface area contributed by atoms with E-state index in [0.717, 1.165) is 0 Å². The molecule has 0 fully saturated rings. The van der Waals surface area contributed by atoms with Crippen LogP contribution in [-0.4, -0.2) is 30.5 Å². The number of rotatable bonds is 3. The number of carbonyl (C=O) groups excluding carboxylic acids is 2. The molecule has 0 unspecified atom stereocenters. The number of hydrogen-bond donors (Lipinski definition) is 0. The maximum Gasteiger partial charge on any atom is 0.228 e. The summed E-state index contributed by atoms with van der Waals surface area (Å²) in [4.78, 5) is 23.9. The Labute approximate surface area is 117 Å². The van der Waals surface area contributed by atoms with Crippen LogP contribution >= 0.6 is 0 Å². The number of nitrogens with zero attached hydrogens (tertiary/aromatic N) is 1. The van der Waals surface area contributed by atoms with Gasteiger partial charge in [-0.2, -0.15) is 0 Å². The van der Waals surface area contributed by atoms with E-state index in [4.69, 9.17) is 9.47 Å². The van der Waals surface area contributed by atoms with E-state index in [1.54, 1.807) is 19.1 Å². The molecule has 1 aromatic carbocycles. The Morgan fingerprint density at radius 2 is 1.60 bits per heavy atom. The summed E-state index contributed by atoms with van der Waals surface area (Å²) in [5.41, 5.74) is 1.66. The molecule has 0 aliphatic heterocycles. The Morgan fingerprint density at radius 3 is 2.05 bits per heavy atom. The van der Waals surface area contributed by atoms with Crippen molar-refractivity contribution in [3.05, 3.63) is 23.4 Å². The van der Waals surface area contributed by atoms with Gasteiger partial charge in [0, 0.05) is 12.6 Å². The van der Waals surface area contributed by atoms with E-state index in [1.165, 1.54) is 32.6 Å². The van der Waals surface area contributed by atoms with Crippen LogP contribution in [0.15, 0.2) is 12.1 Å². The maximum atomic E-state index is 12.0. The summed E-state index contributed by atoms with van der Waals surface area (Å²) in [6.07, 6.45) is 0. The Hall–Kier alpha value is -2.30. The third kappa shape index (κ3) is 1.86. The molecule has 0 amide bonds. The third-order valence-electron chi connectivity index (χ3n) is 3.38. The van der Waals surface area contributed by atoms with Gasteiger partial charge in [-0.3, -0.25) is 14.2 Å². The van der Waals surface area contributed by atoms with Crippen molar-refractivity contribution in [2.75, 3.05) is 14.2 Å². The first-order chi connectivity index (χ1) is 9.43. The van der Waals surface area contributed by atoms with Gasteiger partial charge in [-0.05, 0) is 26.0 Å². The topological polar surface area (TPSA) is 57.5 Å². The van der Waals surface area contributed by atoms with Gasteiger partial charge in [-0.25, -0.2) is 0 Å². The van der Waals surface area contributed by atoms with Gasteiger partial charge in [-0.15, -0.1) is 0 Å². The highest BCUT2D eigenvalue weighted by molar-refractivity contribution is 6.14. The maximum absolute atomic E-state index is 12.0. The first kappa shape index (κ1) is 14.1. The molecule has 0 N–H and O–H groups in total. The number of benzene rings is 1. The predicted octanol–water partition coefficient (Wildman–Crippen LogP) is 2.83. The molecular formula is C15H17NO4. The molecule has 0 radical (unpaired) electrons. The van der Waals surface area contributed by atoms with Crippen LogP contribution in [0.4, 0.5) is 0 Å². The van der Waals surface area contributed by atoms with Crippen LogP contribution in [0.2, 0.25) is 0 Å². The van der Waals surface area contributed by atoms with Crippen molar-refractivity contribution in [3.8, 4) is 11.5 Å². The molecule has 106 valence electrons. The van der Waals surface area contributed by atoms with Gasteiger partial charge in [0.2, 0.25) is 5.91 Å². The van der Waals surface area contributed by atoms with E-state index in [-0.39, 0.29) is 11.7 Å². The van der Waals surface area contributed by atoms with Gasteiger partial charge in [0.25, 0.3) is 0 Å². The van der Waals surface area contributed by atoms with Crippen molar-refractivity contribution >= 4 is 22.6 Å². The number of ether oxygens (including phenoxy) is 2. The summed E-state index contributed by atoms with van der Waals surface area (Å²) in [5.74, 6) is 0.798. The lowest BCUT2D eigenvalue weighted by molar-refractivity contribution is 0.0939. The fourth-order valence-corrected chi connectivity index (χ4v) is 2.64. The van der Waals surface area contributed by atoms with Crippen molar-refractivity contribution in [3.63, 3.8) is 0 Å². The summed E-state index contributed by atoms with van der Waals surface area (Å²) in [5, 5.41) is 0.618. The molecule has 0 aliphatic carbocycles. The van der Waals surface area contributed by atoms with Crippen molar-refractivity contribution < 1.29 is 19.1 Å². The minimum atomic E-state index is -0.174. The molecule has 0 bridgehead atoms. The number of ketones is 1. The molecule has 0 aliphatic rings. The fraction of sp³-hybridized carbons (Fsp3) is 0.333. The standard InChI is InChI=1S/C15H17NO4/c1-8-13(9(2)17)14-11(19-4)6-7-12(20-5)15(14)16(8)10(3)18/h6-7H,1-5H3. The van der Waals surface area contributed by atoms with Crippen LogP contribution in [0, 0.1) is 6.92 Å². The molecule has 1 heterocycles. The fourth-order valence-electron chi connectivity index (χ4n) is 2.64. The summed E-state index contributed by atoms with van der Waals surface area (Å²) < 4.78 is 12.2. The molecule has 5 heteroatoms. The molecule has 5 nitrogen and oxygen atoms in total. The predicted molar refractivity (Wildman–Crippen MR) is 76.1 cm³/mol. The molecule has 2 rings (SSSR count). The van der Waals surface area contributed by atoms with Crippen molar-refractivity contribution in [1.29, 1.82) is 0 Å². The summed E-state index contributed by atoms with van der Waals surface area (Å²) >= 11 is 0. The zero-order valence-corrected chi connectivity index (χ0v) is 12.2. The van der Waals surface area contributed by atoms with E-state index in [1.807, 2.05) is 0 Å². The second-order valence-electron chi connectivity index (χ2n) is 4.56. The molecule has 0 spiro atoms. The average molecular weight is 275 g/mol. The van der Waals surface area contributed by atoms with Crippen LogP contribution < -0.4 is 9.47 Å². The smallest absolute Gasteiger partial charge is 0.228 e. The lowest BCUT2D eigenvalue weighted by Crippen LogP contribution is -2.09. The zero-order chi connectivity index (χ0) is 15.0. The van der Waals surface area contributed by atoms with Crippen molar-refractivity contribution in [2.45, 2.75) is 20.8 Å². The largest absolute Gasteiger partial charge is 0.496 e. The van der Waals surface area contributed by atoms with Gasteiger partial charge < -0.3 is 9.47 Å². The van der Waals surface area contributed by atoms with Crippen LogP contribution in [0.1, 0.15) is 34.7 Å². The first-order valence-electron chi connectivity index (χ1n) is 6.21. The molecule has 2 aromatic rings. The Bertz CT molecular complexity index is 653. The van der Waals surface area contributed by atoms with Crippen LogP contribution in [-0.2, 0) is 0 Å². The molecule has 0 saturated carbocycles. The van der Waals surface area contributed by atoms with Crippen LogP contribution in [0.3, 0.4) is 0 Å². The second kappa shape index (κ2) is 5.00. The molecular weight excluding hydrogens is 258 g/mol. The van der Waals surface area contributed by atoms with Crippen molar-refractivity contribution in [2.24, 2.45) is 0 Å². The number of aromatic nitrogens is 1. The average Bonchev–Trinajstić information content (AvgIpc) is 2.70. The first-order valence-corrected chi connectivity index (χ1v) is 6.21. The summed E-state index contributed by atoms with van der Waals surface area (Å²) in [6.45, 7) is 4.68. The second-order valence-corrected chi connectivity index (χ2v) is 4.56. The lowest BCUT2D eigenvalue weighted by Gasteiger charge is -2.09. The van der Waals surface area contributed by atoms with Gasteiger partial charge in [-0.1, -0.05) is 0 Å². The van der Waals surface area contributed by atoms with Crippen LogP contribution in [0.25, 0.3) is 10.9 Å². The third-order valence-corrected chi connectivity index (χ3v) is 3.38. The molecule has 0 saturated heterocycles. The van der Waals surface area contributed by atoms with Gasteiger partial charge in [0.1, 0.15) is 17.0 Å². The summed E-state index contributed by atoms with van der Waals surface area (Å²) in [6, 6.07) is 3.46. The number of carbonyl (C=O) groups is 2. The normalized spacial score (nSPS) is 10.7. The highest BCUT2D eigenvalue weighted by Gasteiger charge is 2.25. The molecule has 1 aromatic heterocycles. The Morgan fingerprint density at radius 1 is 1.05 bits per heavy atom. The number of methoxy groups -OCH3 is 2. The SMILES string of the molecule is COc1ccc(OC)c2c1c(C(C)=O)c(C)n2C(C)=O. The monoisotopic (exact) mass is 275 g/mol. The van der Waals surface area contributed by atoms with Crippen LogP contribution in [0.5, 0.6) is 11.5 Å². The van der Waals surface area contributed by atoms with Gasteiger partial charge in [0.05, 0.1) is 25.2 Å². The minimum absolute atomic E-state index is 0.112. The van der Waals surface area contributed by atoms with Crippen molar-refractivity contribution in [1.82, 2.24) is 4.57 Å². The number of fused-ring (bicyclic) bond motifs is 1.